The van der Waals surface area contributed by atoms with E-state index >= 15 is 0 Å². The maximum atomic E-state index is 12.6. The summed E-state index contributed by atoms with van der Waals surface area (Å²) >= 11 is 0. The Morgan fingerprint density at radius 1 is 1.22 bits per heavy atom. The average Bonchev–Trinajstić information content (AvgIpc) is 3.16. The van der Waals surface area contributed by atoms with Crippen LogP contribution in [0.3, 0.4) is 0 Å². The number of piperidine rings is 1. The molecule has 2 aliphatic heterocycles. The molecule has 2 fully saturated rings. The minimum atomic E-state index is -0.0227. The Bertz CT molecular complexity index is 834. The minimum Gasteiger partial charge on any atom is -0.361 e. The zero-order valence-corrected chi connectivity index (χ0v) is 15.8. The molecule has 2 aliphatic rings. The number of aryl methyl sites for hydroxylation is 2. The Morgan fingerprint density at radius 3 is 2.56 bits per heavy atom. The molecule has 2 amide bonds. The summed E-state index contributed by atoms with van der Waals surface area (Å²) in [6.07, 6.45) is 5.55. The van der Waals surface area contributed by atoms with E-state index in [2.05, 4.69) is 10.1 Å². The van der Waals surface area contributed by atoms with Gasteiger partial charge in [-0.3, -0.25) is 14.6 Å². The van der Waals surface area contributed by atoms with Gasteiger partial charge in [0.25, 0.3) is 5.91 Å². The summed E-state index contributed by atoms with van der Waals surface area (Å²) in [4.78, 5) is 33.0. The fourth-order valence-corrected chi connectivity index (χ4v) is 4.24. The second kappa shape index (κ2) is 6.79. The summed E-state index contributed by atoms with van der Waals surface area (Å²) in [5.41, 5.74) is 2.50. The number of hydrogen-bond acceptors (Lipinski definition) is 5. The lowest BCUT2D eigenvalue weighted by atomic mass is 9.77. The molecule has 4 rings (SSSR count). The molecule has 2 aromatic rings. The molecule has 142 valence electrons. The van der Waals surface area contributed by atoms with Crippen molar-refractivity contribution in [1.82, 2.24) is 19.9 Å². The van der Waals surface area contributed by atoms with Gasteiger partial charge in [-0.15, -0.1) is 0 Å². The van der Waals surface area contributed by atoms with Crippen molar-refractivity contribution in [1.29, 1.82) is 0 Å². The van der Waals surface area contributed by atoms with Gasteiger partial charge in [-0.1, -0.05) is 5.16 Å². The lowest BCUT2D eigenvalue weighted by Gasteiger charge is -2.38. The molecular formula is C20H24N4O3. The van der Waals surface area contributed by atoms with E-state index < -0.39 is 0 Å². The lowest BCUT2D eigenvalue weighted by Crippen LogP contribution is -2.44. The van der Waals surface area contributed by atoms with Crippen LogP contribution in [0.5, 0.6) is 0 Å². The van der Waals surface area contributed by atoms with Gasteiger partial charge in [-0.05, 0) is 38.8 Å². The summed E-state index contributed by atoms with van der Waals surface area (Å²) in [5.74, 6) is 1.01. The normalized spacial score (nSPS) is 19.1. The minimum absolute atomic E-state index is 0.0227. The number of aromatic nitrogens is 2. The first kappa shape index (κ1) is 17.7. The highest BCUT2D eigenvalue weighted by Gasteiger charge is 2.45. The van der Waals surface area contributed by atoms with Crippen LogP contribution in [0.1, 0.15) is 46.6 Å². The summed E-state index contributed by atoms with van der Waals surface area (Å²) in [7, 11) is 0. The van der Waals surface area contributed by atoms with Crippen LogP contribution in [0.4, 0.5) is 0 Å². The van der Waals surface area contributed by atoms with E-state index in [9.17, 15) is 9.59 Å². The summed E-state index contributed by atoms with van der Waals surface area (Å²) in [5, 5.41) is 3.98. The largest absolute Gasteiger partial charge is 0.361 e. The van der Waals surface area contributed by atoms with Crippen LogP contribution in [-0.4, -0.2) is 51.4 Å². The van der Waals surface area contributed by atoms with Crippen molar-refractivity contribution in [2.75, 3.05) is 19.6 Å². The Balaban J connectivity index is 1.40. The first-order chi connectivity index (χ1) is 13.0. The molecule has 0 aromatic carbocycles. The number of carbonyl (C=O) groups excluding carboxylic acids is 2. The maximum Gasteiger partial charge on any atom is 0.253 e. The highest BCUT2D eigenvalue weighted by atomic mass is 16.5. The van der Waals surface area contributed by atoms with Crippen LogP contribution in [0, 0.1) is 19.3 Å². The standard InChI is InChI=1S/C20H24N4O3/c1-14-17(15(2)27-22-14)12-24-13-20(11-18(24)25)5-9-23(10-6-20)19(26)16-3-7-21-8-4-16/h3-4,7-8H,5-6,9-13H2,1-2H3. The van der Waals surface area contributed by atoms with Gasteiger partial charge in [0.15, 0.2) is 0 Å². The first-order valence-electron chi connectivity index (χ1n) is 9.36. The molecule has 7 heteroatoms. The number of hydrogen-bond donors (Lipinski definition) is 0. The van der Waals surface area contributed by atoms with Crippen LogP contribution < -0.4 is 0 Å². The van der Waals surface area contributed by atoms with E-state index in [-0.39, 0.29) is 17.2 Å². The van der Waals surface area contributed by atoms with Gasteiger partial charge in [0.1, 0.15) is 5.76 Å². The molecule has 0 bridgehead atoms. The number of carbonyl (C=O) groups is 2. The van der Waals surface area contributed by atoms with Crippen molar-refractivity contribution in [3.05, 3.63) is 47.1 Å². The molecule has 0 unspecified atom stereocenters. The van der Waals surface area contributed by atoms with Gasteiger partial charge in [0, 0.05) is 55.0 Å². The van der Waals surface area contributed by atoms with Crippen LogP contribution in [0.15, 0.2) is 29.0 Å². The van der Waals surface area contributed by atoms with Crippen LogP contribution in [0.2, 0.25) is 0 Å². The summed E-state index contributed by atoms with van der Waals surface area (Å²) < 4.78 is 5.22. The maximum absolute atomic E-state index is 12.6. The summed E-state index contributed by atoms with van der Waals surface area (Å²) in [6.45, 7) is 6.47. The summed E-state index contributed by atoms with van der Waals surface area (Å²) in [6, 6.07) is 3.49. The van der Waals surface area contributed by atoms with Crippen molar-refractivity contribution < 1.29 is 14.1 Å². The van der Waals surface area contributed by atoms with Crippen LogP contribution in [-0.2, 0) is 11.3 Å². The number of pyridine rings is 1. The molecule has 0 atom stereocenters. The number of amides is 2. The Labute approximate surface area is 158 Å². The first-order valence-corrected chi connectivity index (χ1v) is 9.36. The van der Waals surface area contributed by atoms with Crippen molar-refractivity contribution in [3.8, 4) is 0 Å². The molecule has 1 spiro atoms. The molecule has 0 N–H and O–H groups in total. The zero-order valence-electron chi connectivity index (χ0n) is 15.8. The lowest BCUT2D eigenvalue weighted by molar-refractivity contribution is -0.128. The van der Waals surface area contributed by atoms with Gasteiger partial charge in [-0.25, -0.2) is 0 Å². The van der Waals surface area contributed by atoms with Gasteiger partial charge >= 0.3 is 0 Å². The molecule has 27 heavy (non-hydrogen) atoms. The van der Waals surface area contributed by atoms with Gasteiger partial charge in [0.2, 0.25) is 5.91 Å². The van der Waals surface area contributed by atoms with Crippen molar-refractivity contribution >= 4 is 11.8 Å². The molecule has 0 saturated carbocycles. The number of likely N-dealkylation sites (tertiary alicyclic amines) is 2. The fraction of sp³-hybridized carbons (Fsp3) is 0.500. The van der Waals surface area contributed by atoms with Gasteiger partial charge < -0.3 is 14.3 Å². The third kappa shape index (κ3) is 3.34. The quantitative estimate of drug-likeness (QED) is 0.831. The number of nitrogens with zero attached hydrogens (tertiary/aromatic N) is 4. The molecule has 4 heterocycles. The van der Waals surface area contributed by atoms with Gasteiger partial charge in [-0.2, -0.15) is 0 Å². The molecule has 0 radical (unpaired) electrons. The van der Waals surface area contributed by atoms with E-state index in [0.717, 1.165) is 36.4 Å². The predicted octanol–water partition coefficient (Wildman–Crippen LogP) is 2.34. The van der Waals surface area contributed by atoms with Crippen LogP contribution >= 0.6 is 0 Å². The number of rotatable bonds is 3. The van der Waals surface area contributed by atoms with E-state index in [1.165, 1.54) is 0 Å². The molecule has 0 aliphatic carbocycles. The Kier molecular flexibility index (Phi) is 4.45. The average molecular weight is 368 g/mol. The Hall–Kier alpha value is -2.70. The van der Waals surface area contributed by atoms with E-state index in [4.69, 9.17) is 4.52 Å². The third-order valence-electron chi connectivity index (χ3n) is 5.97. The fourth-order valence-electron chi connectivity index (χ4n) is 4.24. The smallest absolute Gasteiger partial charge is 0.253 e. The SMILES string of the molecule is Cc1noc(C)c1CN1CC2(CCN(C(=O)c3ccncc3)CC2)CC1=O. The highest BCUT2D eigenvalue weighted by Crippen LogP contribution is 2.42. The van der Waals surface area contributed by atoms with Crippen molar-refractivity contribution in [2.45, 2.75) is 39.7 Å². The second-order valence-electron chi connectivity index (χ2n) is 7.76. The van der Waals surface area contributed by atoms with E-state index in [1.807, 2.05) is 23.6 Å². The molecule has 2 saturated heterocycles. The third-order valence-corrected chi connectivity index (χ3v) is 5.97. The highest BCUT2D eigenvalue weighted by molar-refractivity contribution is 5.94. The van der Waals surface area contributed by atoms with E-state index in [1.54, 1.807) is 24.5 Å². The predicted molar refractivity (Wildman–Crippen MR) is 97.8 cm³/mol. The van der Waals surface area contributed by atoms with Crippen LogP contribution in [0.25, 0.3) is 0 Å². The van der Waals surface area contributed by atoms with Crippen molar-refractivity contribution in [3.63, 3.8) is 0 Å². The molecule has 7 nitrogen and oxygen atoms in total. The van der Waals surface area contributed by atoms with Gasteiger partial charge in [0.05, 0.1) is 12.2 Å². The second-order valence-corrected chi connectivity index (χ2v) is 7.76. The molecular weight excluding hydrogens is 344 g/mol. The zero-order chi connectivity index (χ0) is 19.0. The monoisotopic (exact) mass is 368 g/mol. The molecule has 2 aromatic heterocycles. The Morgan fingerprint density at radius 2 is 1.93 bits per heavy atom. The van der Waals surface area contributed by atoms with Crippen molar-refractivity contribution in [2.24, 2.45) is 5.41 Å². The van der Waals surface area contributed by atoms with E-state index in [0.29, 0.717) is 31.6 Å². The topological polar surface area (TPSA) is 79.5 Å².